The number of ketones is 1. The molecule has 0 spiro atoms. The molecule has 1 heterocycles. The number of aliphatic carboxylic acids is 1. The molecule has 0 aliphatic carbocycles. The number of carboxylic acid groups (broad SMARTS) is 1. The van der Waals surface area contributed by atoms with Crippen molar-refractivity contribution in [3.63, 3.8) is 0 Å². The maximum absolute atomic E-state index is 12.8. The van der Waals surface area contributed by atoms with Crippen LogP contribution >= 0.6 is 0 Å². The van der Waals surface area contributed by atoms with Crippen LogP contribution in [0.2, 0.25) is 0 Å². The molecular weight excluding hydrogens is 460 g/mol. The van der Waals surface area contributed by atoms with E-state index in [1.807, 2.05) is 12.1 Å². The molecule has 10 nitrogen and oxygen atoms in total. The molecule has 0 unspecified atom stereocenters. The van der Waals surface area contributed by atoms with E-state index in [1.54, 1.807) is 37.2 Å². The van der Waals surface area contributed by atoms with Gasteiger partial charge in [-0.05, 0) is 48.7 Å². The van der Waals surface area contributed by atoms with Gasteiger partial charge in [-0.25, -0.2) is 8.42 Å². The van der Waals surface area contributed by atoms with Crippen molar-refractivity contribution < 1.29 is 28.0 Å². The maximum Gasteiger partial charge on any atom is 0.324 e. The van der Waals surface area contributed by atoms with Gasteiger partial charge < -0.3 is 5.11 Å². The summed E-state index contributed by atoms with van der Waals surface area (Å²) in [4.78, 5) is 30.1. The lowest BCUT2D eigenvalue weighted by Crippen LogP contribution is -2.50. The molecule has 180 valence electrons. The minimum atomic E-state index is -4.32. The molecule has 0 bridgehead atoms. The molecule has 3 rings (SSSR count). The van der Waals surface area contributed by atoms with Gasteiger partial charge in [0.15, 0.2) is 0 Å². The number of hydrazine groups is 1. The van der Waals surface area contributed by atoms with Gasteiger partial charge in [0.2, 0.25) is 0 Å². The van der Waals surface area contributed by atoms with Gasteiger partial charge in [0.05, 0.1) is 28.7 Å². The molecule has 3 atom stereocenters. The van der Waals surface area contributed by atoms with E-state index >= 15 is 0 Å². The number of rotatable bonds is 9. The Labute approximate surface area is 198 Å². The van der Waals surface area contributed by atoms with Crippen LogP contribution in [-0.2, 0) is 24.4 Å². The molecule has 0 saturated carbocycles. The zero-order chi connectivity index (χ0) is 25.0. The minimum Gasteiger partial charge on any atom is -0.480 e. The van der Waals surface area contributed by atoms with Crippen LogP contribution in [0.25, 0.3) is 0 Å². The Morgan fingerprint density at radius 3 is 2.56 bits per heavy atom. The van der Waals surface area contributed by atoms with Crippen LogP contribution in [0.1, 0.15) is 42.0 Å². The smallest absolute Gasteiger partial charge is 0.324 e. The molecule has 0 aromatic heterocycles. The summed E-state index contributed by atoms with van der Waals surface area (Å²) in [6.07, 6.45) is -0.728. The van der Waals surface area contributed by atoms with Gasteiger partial charge in [0.1, 0.15) is 11.8 Å². The van der Waals surface area contributed by atoms with Crippen molar-refractivity contribution in [2.75, 3.05) is 7.05 Å². The highest BCUT2D eigenvalue weighted by molar-refractivity contribution is 7.89. The first kappa shape index (κ1) is 25.5. The largest absolute Gasteiger partial charge is 0.480 e. The summed E-state index contributed by atoms with van der Waals surface area (Å²) >= 11 is 0. The topological polar surface area (TPSA) is 154 Å². The van der Waals surface area contributed by atoms with Crippen LogP contribution in [0.3, 0.4) is 0 Å². The van der Waals surface area contributed by atoms with Gasteiger partial charge >= 0.3 is 5.97 Å². The standard InChI is InChI=1S/C23H26N4O6S/c1-15-4-3-5-20(10-15)34(31,32)27(25)22(23(29)30)12-18(28)11-19-13-21(26(2)33-19)17-8-6-16(14-24)7-9-17/h3-10,19,21-22H,11-13,25H2,1-2H3,(H,29,30)/t19-,21-,22-/m0/s1. The molecule has 0 radical (unpaired) electrons. The lowest BCUT2D eigenvalue weighted by Gasteiger charge is -2.23. The predicted octanol–water partition coefficient (Wildman–Crippen LogP) is 1.91. The number of carbonyl (C=O) groups excluding carboxylic acids is 1. The zero-order valence-electron chi connectivity index (χ0n) is 18.8. The van der Waals surface area contributed by atoms with Crippen LogP contribution in [0.4, 0.5) is 0 Å². The second-order valence-electron chi connectivity index (χ2n) is 8.21. The summed E-state index contributed by atoms with van der Waals surface area (Å²) in [5.41, 5.74) is 2.11. The van der Waals surface area contributed by atoms with Crippen LogP contribution < -0.4 is 5.84 Å². The highest BCUT2D eigenvalue weighted by Crippen LogP contribution is 2.34. The Hall–Kier alpha value is -3.14. The molecule has 2 aromatic rings. The Bertz CT molecular complexity index is 1210. The van der Waals surface area contributed by atoms with Gasteiger partial charge in [-0.1, -0.05) is 24.3 Å². The Kier molecular flexibility index (Phi) is 7.81. The number of aryl methyl sites for hydroxylation is 1. The zero-order valence-corrected chi connectivity index (χ0v) is 19.6. The van der Waals surface area contributed by atoms with E-state index in [9.17, 15) is 23.1 Å². The number of nitrogens with two attached hydrogens (primary N) is 1. The number of carbonyl (C=O) groups is 2. The fourth-order valence-corrected chi connectivity index (χ4v) is 5.23. The molecule has 0 amide bonds. The Morgan fingerprint density at radius 1 is 1.29 bits per heavy atom. The van der Waals surface area contributed by atoms with Gasteiger partial charge in [-0.15, -0.1) is 4.41 Å². The van der Waals surface area contributed by atoms with E-state index in [0.29, 0.717) is 17.5 Å². The van der Waals surface area contributed by atoms with Crippen LogP contribution in [0.15, 0.2) is 53.4 Å². The molecule has 34 heavy (non-hydrogen) atoms. The molecule has 1 fully saturated rings. The molecule has 3 N–H and O–H groups in total. The van der Waals surface area contributed by atoms with E-state index < -0.39 is 40.3 Å². The van der Waals surface area contributed by atoms with E-state index in [0.717, 1.165) is 5.56 Å². The van der Waals surface area contributed by atoms with Gasteiger partial charge in [0.25, 0.3) is 10.0 Å². The summed E-state index contributed by atoms with van der Waals surface area (Å²) in [5.74, 6) is 3.72. The van der Waals surface area contributed by atoms with Crippen molar-refractivity contribution in [2.24, 2.45) is 5.84 Å². The monoisotopic (exact) mass is 486 g/mol. The number of nitriles is 1. The first-order valence-electron chi connectivity index (χ1n) is 10.5. The summed E-state index contributed by atoms with van der Waals surface area (Å²) in [5, 5.41) is 20.2. The molecule has 1 saturated heterocycles. The van der Waals surface area contributed by atoms with E-state index in [-0.39, 0.29) is 21.8 Å². The fraction of sp³-hybridized carbons (Fsp3) is 0.348. The van der Waals surface area contributed by atoms with Crippen LogP contribution in [0.5, 0.6) is 0 Å². The highest BCUT2D eigenvalue weighted by Gasteiger charge is 2.38. The fourth-order valence-electron chi connectivity index (χ4n) is 3.90. The average molecular weight is 487 g/mol. The molecule has 11 heteroatoms. The third-order valence-corrected chi connectivity index (χ3v) is 7.36. The van der Waals surface area contributed by atoms with E-state index in [1.165, 1.54) is 18.2 Å². The first-order valence-corrected chi connectivity index (χ1v) is 12.0. The predicted molar refractivity (Wildman–Crippen MR) is 121 cm³/mol. The summed E-state index contributed by atoms with van der Waals surface area (Å²) in [7, 11) is -2.60. The van der Waals surface area contributed by atoms with Crippen molar-refractivity contribution in [1.82, 2.24) is 9.48 Å². The number of benzene rings is 2. The Balaban J connectivity index is 1.67. The summed E-state index contributed by atoms with van der Waals surface area (Å²) < 4.78 is 25.9. The van der Waals surface area contributed by atoms with Crippen molar-refractivity contribution in [2.45, 2.75) is 49.3 Å². The van der Waals surface area contributed by atoms with Gasteiger partial charge in [-0.2, -0.15) is 10.3 Å². The lowest BCUT2D eigenvalue weighted by atomic mass is 9.97. The van der Waals surface area contributed by atoms with Crippen molar-refractivity contribution in [3.05, 3.63) is 65.2 Å². The van der Waals surface area contributed by atoms with Crippen LogP contribution in [0, 0.1) is 18.3 Å². The maximum atomic E-state index is 12.8. The molecule has 1 aliphatic heterocycles. The SMILES string of the molecule is Cc1cccc(S(=O)(=O)N(N)[C@@H](CC(=O)C[C@H]2C[C@@H](c3ccc(C#N)cc3)N(C)O2)C(=O)O)c1. The third-order valence-electron chi connectivity index (χ3n) is 5.70. The number of hydrogen-bond acceptors (Lipinski definition) is 8. The molecule has 2 aromatic carbocycles. The molecular formula is C23H26N4O6S. The van der Waals surface area contributed by atoms with E-state index in [4.69, 9.17) is 15.9 Å². The number of hydroxylamine groups is 2. The summed E-state index contributed by atoms with van der Waals surface area (Å²) in [6.45, 7) is 1.70. The third kappa shape index (κ3) is 5.67. The van der Waals surface area contributed by atoms with Crippen molar-refractivity contribution in [1.29, 1.82) is 5.26 Å². The average Bonchev–Trinajstić information content (AvgIpc) is 3.16. The number of hydrogen-bond donors (Lipinski definition) is 2. The van der Waals surface area contributed by atoms with Gasteiger partial charge in [0, 0.05) is 19.9 Å². The second-order valence-corrected chi connectivity index (χ2v) is 10.1. The summed E-state index contributed by atoms with van der Waals surface area (Å²) in [6, 6.07) is 13.1. The van der Waals surface area contributed by atoms with Gasteiger partial charge in [-0.3, -0.25) is 20.3 Å². The normalized spacial score (nSPS) is 19.6. The number of nitrogens with zero attached hydrogens (tertiary/aromatic N) is 3. The van der Waals surface area contributed by atoms with Crippen molar-refractivity contribution in [3.8, 4) is 6.07 Å². The first-order chi connectivity index (χ1) is 16.0. The minimum absolute atomic E-state index is 0.0980. The Morgan fingerprint density at radius 2 is 1.97 bits per heavy atom. The number of carboxylic acids is 1. The number of Topliss-reactive ketones (excluding diaryl/α,β-unsaturated/α-hetero) is 1. The quantitative estimate of drug-likeness (QED) is 0.399. The van der Waals surface area contributed by atoms with E-state index in [2.05, 4.69) is 6.07 Å². The number of sulfonamides is 1. The van der Waals surface area contributed by atoms with Crippen molar-refractivity contribution >= 4 is 21.8 Å². The van der Waals surface area contributed by atoms with Crippen LogP contribution in [-0.4, -0.2) is 53.9 Å². The lowest BCUT2D eigenvalue weighted by molar-refractivity contribution is -0.153. The second kappa shape index (κ2) is 10.4. The highest BCUT2D eigenvalue weighted by atomic mass is 32.2. The molecule has 1 aliphatic rings.